The van der Waals surface area contributed by atoms with E-state index in [9.17, 15) is 9.59 Å². The Hall–Kier alpha value is -1.94. The number of carbonyl (C=O) groups excluding carboxylic acids is 1. The molecule has 1 aromatic carbocycles. The Kier molecular flexibility index (Phi) is 3.76. The third-order valence-corrected chi connectivity index (χ3v) is 1.79. The Morgan fingerprint density at radius 2 is 1.80 bits per heavy atom. The van der Waals surface area contributed by atoms with Crippen molar-refractivity contribution in [1.29, 1.82) is 0 Å². The van der Waals surface area contributed by atoms with Gasteiger partial charge in [0.05, 0.1) is 0 Å². The maximum Gasteiger partial charge on any atom is 0.328 e. The monoisotopic (exact) mass is 206 g/mol. The fourth-order valence-corrected chi connectivity index (χ4v) is 1.04. The minimum absolute atomic E-state index is 0.358. The summed E-state index contributed by atoms with van der Waals surface area (Å²) in [6.45, 7) is -0.524. The summed E-state index contributed by atoms with van der Waals surface area (Å²) in [6.07, 6.45) is 2.44. The average Bonchev–Trinajstić information content (AvgIpc) is 2.26. The van der Waals surface area contributed by atoms with E-state index < -0.39 is 12.6 Å². The van der Waals surface area contributed by atoms with Crippen molar-refractivity contribution in [1.82, 2.24) is 0 Å². The average molecular weight is 206 g/mol. The van der Waals surface area contributed by atoms with Crippen LogP contribution in [0, 0.1) is 0 Å². The van der Waals surface area contributed by atoms with E-state index in [4.69, 9.17) is 10.2 Å². The van der Waals surface area contributed by atoms with Gasteiger partial charge in [0.1, 0.15) is 6.61 Å². The second-order valence-corrected chi connectivity index (χ2v) is 2.87. The first kappa shape index (κ1) is 11.1. The van der Waals surface area contributed by atoms with Gasteiger partial charge in [-0.15, -0.1) is 0 Å². The Bertz CT molecular complexity index is 390. The minimum atomic E-state index is -1.02. The van der Waals surface area contributed by atoms with Crippen LogP contribution in [-0.2, 0) is 4.79 Å². The summed E-state index contributed by atoms with van der Waals surface area (Å²) >= 11 is 0. The third kappa shape index (κ3) is 3.36. The molecule has 0 amide bonds. The number of ketones is 1. The van der Waals surface area contributed by atoms with E-state index >= 15 is 0 Å². The number of carbonyl (C=O) groups is 2. The van der Waals surface area contributed by atoms with Gasteiger partial charge < -0.3 is 10.2 Å². The highest BCUT2D eigenvalue weighted by molar-refractivity contribution is 5.97. The zero-order valence-corrected chi connectivity index (χ0v) is 7.88. The molecule has 0 saturated carbocycles. The lowest BCUT2D eigenvalue weighted by Gasteiger charge is -1.97. The first-order valence-corrected chi connectivity index (χ1v) is 4.28. The number of rotatable bonds is 4. The van der Waals surface area contributed by atoms with Crippen LogP contribution in [0.25, 0.3) is 6.08 Å². The highest BCUT2D eigenvalue weighted by atomic mass is 16.4. The molecule has 0 saturated heterocycles. The lowest BCUT2D eigenvalue weighted by atomic mass is 10.1. The molecule has 0 unspecified atom stereocenters. The van der Waals surface area contributed by atoms with Crippen molar-refractivity contribution < 1.29 is 19.8 Å². The van der Waals surface area contributed by atoms with Crippen molar-refractivity contribution in [2.75, 3.05) is 6.61 Å². The van der Waals surface area contributed by atoms with Crippen molar-refractivity contribution >= 4 is 17.8 Å². The van der Waals surface area contributed by atoms with Crippen LogP contribution >= 0.6 is 0 Å². The SMILES string of the molecule is O=C(O)C=Cc1ccc(C(=O)CO)cc1. The lowest BCUT2D eigenvalue weighted by molar-refractivity contribution is -0.131. The van der Waals surface area contributed by atoms with E-state index in [-0.39, 0.29) is 5.78 Å². The van der Waals surface area contributed by atoms with Gasteiger partial charge in [-0.25, -0.2) is 4.79 Å². The summed E-state index contributed by atoms with van der Waals surface area (Å²) in [5.41, 5.74) is 1.09. The van der Waals surface area contributed by atoms with Crippen LogP contribution in [0.5, 0.6) is 0 Å². The zero-order chi connectivity index (χ0) is 11.3. The molecule has 0 aliphatic carbocycles. The molecular weight excluding hydrogens is 196 g/mol. The topological polar surface area (TPSA) is 74.6 Å². The highest BCUT2D eigenvalue weighted by Crippen LogP contribution is 2.06. The van der Waals surface area contributed by atoms with Crippen LogP contribution in [0.15, 0.2) is 30.3 Å². The molecule has 0 aromatic heterocycles. The molecule has 78 valence electrons. The molecule has 4 nitrogen and oxygen atoms in total. The van der Waals surface area contributed by atoms with Gasteiger partial charge in [-0.2, -0.15) is 0 Å². The van der Waals surface area contributed by atoms with Gasteiger partial charge in [-0.1, -0.05) is 24.3 Å². The smallest absolute Gasteiger partial charge is 0.328 e. The van der Waals surface area contributed by atoms with Crippen molar-refractivity contribution in [2.24, 2.45) is 0 Å². The van der Waals surface area contributed by atoms with Crippen LogP contribution < -0.4 is 0 Å². The first-order chi connectivity index (χ1) is 7.13. The fourth-order valence-electron chi connectivity index (χ4n) is 1.04. The van der Waals surface area contributed by atoms with Crippen LogP contribution in [0.3, 0.4) is 0 Å². The molecule has 0 radical (unpaired) electrons. The van der Waals surface area contributed by atoms with Crippen molar-refractivity contribution in [2.45, 2.75) is 0 Å². The number of carboxylic acid groups (broad SMARTS) is 1. The first-order valence-electron chi connectivity index (χ1n) is 4.28. The van der Waals surface area contributed by atoms with Gasteiger partial charge in [0.25, 0.3) is 0 Å². The summed E-state index contributed by atoms with van der Waals surface area (Å²) in [4.78, 5) is 21.2. The Labute approximate surface area is 86.5 Å². The highest BCUT2D eigenvalue weighted by Gasteiger charge is 2.02. The quantitative estimate of drug-likeness (QED) is 0.568. The molecule has 0 bridgehead atoms. The summed E-state index contributed by atoms with van der Waals surface area (Å²) in [5, 5.41) is 17.0. The molecule has 1 rings (SSSR count). The van der Waals surface area contributed by atoms with Crippen molar-refractivity contribution in [3.63, 3.8) is 0 Å². The number of benzene rings is 1. The summed E-state index contributed by atoms with van der Waals surface area (Å²) in [7, 11) is 0. The maximum absolute atomic E-state index is 11.0. The molecule has 15 heavy (non-hydrogen) atoms. The minimum Gasteiger partial charge on any atom is -0.478 e. The van der Waals surface area contributed by atoms with Crippen LogP contribution in [0.1, 0.15) is 15.9 Å². The van der Waals surface area contributed by atoms with E-state index in [1.165, 1.54) is 6.08 Å². The number of aliphatic hydroxyl groups excluding tert-OH is 1. The maximum atomic E-state index is 11.0. The van der Waals surface area contributed by atoms with Gasteiger partial charge >= 0.3 is 5.97 Å². The second kappa shape index (κ2) is 5.07. The number of aliphatic carboxylic acids is 1. The van der Waals surface area contributed by atoms with Crippen molar-refractivity contribution in [3.8, 4) is 0 Å². The predicted octanol–water partition coefficient (Wildman–Crippen LogP) is 0.959. The van der Waals surface area contributed by atoms with Crippen LogP contribution in [0.4, 0.5) is 0 Å². The number of carboxylic acids is 1. The predicted molar refractivity (Wildman–Crippen MR) is 54.5 cm³/mol. The zero-order valence-electron chi connectivity index (χ0n) is 7.88. The van der Waals surface area contributed by atoms with E-state index in [1.807, 2.05) is 0 Å². The van der Waals surface area contributed by atoms with E-state index in [0.717, 1.165) is 6.08 Å². The van der Waals surface area contributed by atoms with Gasteiger partial charge in [-0.05, 0) is 11.6 Å². The Morgan fingerprint density at radius 3 is 2.27 bits per heavy atom. The molecule has 0 fully saturated rings. The Morgan fingerprint density at radius 1 is 1.20 bits per heavy atom. The van der Waals surface area contributed by atoms with E-state index in [2.05, 4.69) is 0 Å². The molecule has 0 spiro atoms. The van der Waals surface area contributed by atoms with Crippen LogP contribution in [-0.4, -0.2) is 28.6 Å². The molecule has 0 aliphatic rings. The number of hydrogen-bond donors (Lipinski definition) is 2. The lowest BCUT2D eigenvalue weighted by Crippen LogP contribution is -2.03. The molecular formula is C11H10O4. The summed E-state index contributed by atoms with van der Waals surface area (Å²) in [5.74, 6) is -1.38. The number of aliphatic hydroxyl groups is 1. The van der Waals surface area contributed by atoms with Gasteiger partial charge in [0.15, 0.2) is 5.78 Å². The molecule has 1 aromatic rings. The van der Waals surface area contributed by atoms with E-state index in [0.29, 0.717) is 11.1 Å². The number of Topliss-reactive ketones (excluding diaryl/α,β-unsaturated/α-hetero) is 1. The van der Waals surface area contributed by atoms with Gasteiger partial charge in [0, 0.05) is 11.6 Å². The van der Waals surface area contributed by atoms with Gasteiger partial charge in [-0.3, -0.25) is 4.79 Å². The second-order valence-electron chi connectivity index (χ2n) is 2.87. The third-order valence-electron chi connectivity index (χ3n) is 1.79. The standard InChI is InChI=1S/C11H10O4/c12-7-10(13)9-4-1-8(2-5-9)3-6-11(14)15/h1-6,12H,7H2,(H,14,15). The fraction of sp³-hybridized carbons (Fsp3) is 0.0909. The summed E-state index contributed by atoms with van der Waals surface area (Å²) < 4.78 is 0. The number of hydrogen-bond acceptors (Lipinski definition) is 3. The van der Waals surface area contributed by atoms with E-state index in [1.54, 1.807) is 24.3 Å². The molecule has 4 heteroatoms. The molecule has 0 atom stereocenters. The Balaban J connectivity index is 2.81. The summed E-state index contributed by atoms with van der Waals surface area (Å²) in [6, 6.07) is 6.31. The molecule has 2 N–H and O–H groups in total. The molecule has 0 heterocycles. The largest absolute Gasteiger partial charge is 0.478 e. The van der Waals surface area contributed by atoms with Crippen LogP contribution in [0.2, 0.25) is 0 Å². The van der Waals surface area contributed by atoms with Crippen molar-refractivity contribution in [3.05, 3.63) is 41.5 Å². The normalized spacial score (nSPS) is 10.5. The van der Waals surface area contributed by atoms with Gasteiger partial charge in [0.2, 0.25) is 0 Å². The molecule has 0 aliphatic heterocycles.